The third kappa shape index (κ3) is 2.90. The van der Waals surface area contributed by atoms with Gasteiger partial charge in [-0.05, 0) is 48.0 Å². The Hall–Kier alpha value is -2.27. The second-order valence-corrected chi connectivity index (χ2v) is 8.60. The van der Waals surface area contributed by atoms with Crippen molar-refractivity contribution in [2.24, 2.45) is 0 Å². The third-order valence-electron chi connectivity index (χ3n) is 4.18. The Balaban J connectivity index is 2.03. The number of nitrogens with one attached hydrogen (secondary N) is 1. The summed E-state index contributed by atoms with van der Waals surface area (Å²) in [5.41, 5.74) is 2.04. The van der Waals surface area contributed by atoms with Crippen molar-refractivity contribution in [3.63, 3.8) is 0 Å². The monoisotopic (exact) mass is 401 g/mol. The van der Waals surface area contributed by atoms with Crippen molar-refractivity contribution >= 4 is 43.9 Å². The highest BCUT2D eigenvalue weighted by atomic mass is 35.5. The van der Waals surface area contributed by atoms with E-state index in [0.717, 1.165) is 11.1 Å². The zero-order chi connectivity index (χ0) is 18.3. The highest BCUT2D eigenvalue weighted by molar-refractivity contribution is 7.91. The van der Waals surface area contributed by atoms with Crippen LogP contribution in [0.4, 0.5) is 0 Å². The van der Waals surface area contributed by atoms with Gasteiger partial charge in [0.25, 0.3) is 0 Å². The molecule has 0 aliphatic carbocycles. The van der Waals surface area contributed by atoms with Crippen LogP contribution in [0.2, 0.25) is 10.0 Å². The first-order valence-electron chi connectivity index (χ1n) is 7.84. The summed E-state index contributed by atoms with van der Waals surface area (Å²) < 4.78 is 26.8. The van der Waals surface area contributed by atoms with Crippen LogP contribution in [0, 0.1) is 0 Å². The van der Waals surface area contributed by atoms with Crippen molar-refractivity contribution in [2.45, 2.75) is 9.79 Å². The van der Waals surface area contributed by atoms with Crippen molar-refractivity contribution in [2.75, 3.05) is 0 Å². The molecule has 0 saturated heterocycles. The molecule has 4 aromatic rings. The number of H-pyrrole nitrogens is 1. The first-order chi connectivity index (χ1) is 12.5. The van der Waals surface area contributed by atoms with Crippen LogP contribution in [-0.2, 0) is 9.84 Å². The molecule has 0 fully saturated rings. The molecule has 0 radical (unpaired) electrons. The van der Waals surface area contributed by atoms with Gasteiger partial charge in [-0.1, -0.05) is 53.5 Å². The van der Waals surface area contributed by atoms with E-state index >= 15 is 0 Å². The molecule has 0 aliphatic heterocycles. The molecule has 0 aliphatic rings. The van der Waals surface area contributed by atoms with E-state index in [9.17, 15) is 8.42 Å². The minimum Gasteiger partial charge on any atom is -0.353 e. The van der Waals surface area contributed by atoms with E-state index in [1.165, 1.54) is 12.1 Å². The Morgan fingerprint density at radius 1 is 0.731 bits per heavy atom. The van der Waals surface area contributed by atoms with Gasteiger partial charge in [-0.15, -0.1) is 0 Å². The highest BCUT2D eigenvalue weighted by Gasteiger charge is 2.26. The van der Waals surface area contributed by atoms with E-state index in [4.69, 9.17) is 23.2 Å². The van der Waals surface area contributed by atoms with E-state index in [2.05, 4.69) is 4.98 Å². The zero-order valence-electron chi connectivity index (χ0n) is 13.4. The smallest absolute Gasteiger partial charge is 0.209 e. The van der Waals surface area contributed by atoms with Gasteiger partial charge in [-0.3, -0.25) is 0 Å². The fourth-order valence-electron chi connectivity index (χ4n) is 2.95. The average molecular weight is 402 g/mol. The Bertz CT molecular complexity index is 1200. The number of hydrogen-bond acceptors (Lipinski definition) is 2. The molecule has 0 atom stereocenters. The fourth-order valence-corrected chi connectivity index (χ4v) is 4.83. The van der Waals surface area contributed by atoms with E-state index in [1.54, 1.807) is 42.5 Å². The first kappa shape index (κ1) is 17.2. The summed E-state index contributed by atoms with van der Waals surface area (Å²) >= 11 is 11.9. The Kier molecular flexibility index (Phi) is 4.27. The van der Waals surface area contributed by atoms with Gasteiger partial charge < -0.3 is 4.98 Å². The molecule has 26 heavy (non-hydrogen) atoms. The van der Waals surface area contributed by atoms with Crippen LogP contribution in [0.15, 0.2) is 82.6 Å². The van der Waals surface area contributed by atoms with Gasteiger partial charge in [0, 0.05) is 20.9 Å². The maximum absolute atomic E-state index is 13.4. The number of aromatic nitrogens is 1. The summed E-state index contributed by atoms with van der Waals surface area (Å²) in [7, 11) is -3.75. The van der Waals surface area contributed by atoms with E-state index in [1.807, 2.05) is 18.2 Å². The number of hydrogen-bond donors (Lipinski definition) is 1. The van der Waals surface area contributed by atoms with Crippen molar-refractivity contribution in [3.8, 4) is 11.3 Å². The summed E-state index contributed by atoms with van der Waals surface area (Å²) in [6, 6.07) is 20.6. The molecule has 1 heterocycles. The summed E-state index contributed by atoms with van der Waals surface area (Å²) in [4.78, 5) is 3.68. The molecule has 0 spiro atoms. The molecule has 0 amide bonds. The summed E-state index contributed by atoms with van der Waals surface area (Å²) in [5, 5.41) is 1.72. The van der Waals surface area contributed by atoms with Crippen LogP contribution in [0.3, 0.4) is 0 Å². The molecule has 0 bridgehead atoms. The van der Waals surface area contributed by atoms with E-state index < -0.39 is 9.84 Å². The lowest BCUT2D eigenvalue weighted by molar-refractivity contribution is 0.597. The second kappa shape index (κ2) is 6.47. The number of halogens is 2. The van der Waals surface area contributed by atoms with Crippen molar-refractivity contribution < 1.29 is 8.42 Å². The predicted octanol–water partition coefficient (Wildman–Crippen LogP) is 5.97. The van der Waals surface area contributed by atoms with Gasteiger partial charge in [0.05, 0.1) is 10.6 Å². The van der Waals surface area contributed by atoms with Crippen LogP contribution >= 0.6 is 23.2 Å². The minimum atomic E-state index is -3.75. The first-order valence-corrected chi connectivity index (χ1v) is 10.1. The Morgan fingerprint density at radius 2 is 1.31 bits per heavy atom. The predicted molar refractivity (Wildman–Crippen MR) is 106 cm³/mol. The van der Waals surface area contributed by atoms with Crippen molar-refractivity contribution in [3.05, 3.63) is 82.8 Å². The lowest BCUT2D eigenvalue weighted by Gasteiger charge is -2.08. The SMILES string of the molecule is O=S(=O)(c1ccc(Cl)cc1)c1c(-c2ccc(Cl)cc2)[nH]c2ccccc12. The number of aromatic amines is 1. The quantitative estimate of drug-likeness (QED) is 0.459. The Morgan fingerprint density at radius 3 is 1.96 bits per heavy atom. The molecule has 130 valence electrons. The van der Waals surface area contributed by atoms with E-state index in [0.29, 0.717) is 21.1 Å². The van der Waals surface area contributed by atoms with Gasteiger partial charge in [0.15, 0.2) is 0 Å². The summed E-state index contributed by atoms with van der Waals surface area (Å²) in [5.74, 6) is 0. The third-order valence-corrected chi connectivity index (χ3v) is 6.54. The fraction of sp³-hybridized carbons (Fsp3) is 0. The molecule has 6 heteroatoms. The molecule has 3 nitrogen and oxygen atoms in total. The van der Waals surface area contributed by atoms with Gasteiger partial charge in [0.2, 0.25) is 9.84 Å². The highest BCUT2D eigenvalue weighted by Crippen LogP contribution is 2.37. The molecule has 0 saturated carbocycles. The molecule has 3 aromatic carbocycles. The normalized spacial score (nSPS) is 11.8. The van der Waals surface area contributed by atoms with Crippen molar-refractivity contribution in [1.82, 2.24) is 4.98 Å². The number of sulfone groups is 1. The molecular formula is C20H13Cl2NO2S. The Labute approximate surface area is 161 Å². The lowest BCUT2D eigenvalue weighted by Crippen LogP contribution is -2.03. The number of rotatable bonds is 3. The maximum atomic E-state index is 13.4. The van der Waals surface area contributed by atoms with E-state index in [-0.39, 0.29) is 9.79 Å². The molecule has 0 unspecified atom stereocenters. The van der Waals surface area contributed by atoms with Crippen LogP contribution in [-0.4, -0.2) is 13.4 Å². The van der Waals surface area contributed by atoms with Gasteiger partial charge in [-0.2, -0.15) is 0 Å². The molecule has 4 rings (SSSR count). The number of fused-ring (bicyclic) bond motifs is 1. The number of benzene rings is 3. The lowest BCUT2D eigenvalue weighted by atomic mass is 10.1. The van der Waals surface area contributed by atoms with Gasteiger partial charge in [-0.25, -0.2) is 8.42 Å². The van der Waals surface area contributed by atoms with Crippen LogP contribution in [0.25, 0.3) is 22.2 Å². The maximum Gasteiger partial charge on any atom is 0.209 e. The van der Waals surface area contributed by atoms with Crippen LogP contribution in [0.1, 0.15) is 0 Å². The van der Waals surface area contributed by atoms with Crippen molar-refractivity contribution in [1.29, 1.82) is 0 Å². The molecular weight excluding hydrogens is 389 g/mol. The topological polar surface area (TPSA) is 49.9 Å². The minimum absolute atomic E-state index is 0.196. The molecule has 1 aromatic heterocycles. The van der Waals surface area contributed by atoms with Crippen LogP contribution < -0.4 is 0 Å². The summed E-state index contributed by atoms with van der Waals surface area (Å²) in [6.07, 6.45) is 0. The van der Waals surface area contributed by atoms with Gasteiger partial charge >= 0.3 is 0 Å². The van der Waals surface area contributed by atoms with Crippen LogP contribution in [0.5, 0.6) is 0 Å². The standard InChI is InChI=1S/C20H13Cl2NO2S/c21-14-7-5-13(6-8-14)19-20(17-3-1-2-4-18(17)23-19)26(24,25)16-11-9-15(22)10-12-16/h1-12,23H. The summed E-state index contributed by atoms with van der Waals surface area (Å²) in [6.45, 7) is 0. The van der Waals surface area contributed by atoms with Gasteiger partial charge in [0.1, 0.15) is 4.90 Å². The second-order valence-electron chi connectivity index (χ2n) is 5.84. The zero-order valence-corrected chi connectivity index (χ0v) is 15.7. The largest absolute Gasteiger partial charge is 0.353 e. The molecule has 1 N–H and O–H groups in total. The average Bonchev–Trinajstić information content (AvgIpc) is 3.03. The number of para-hydroxylation sites is 1.